The highest BCUT2D eigenvalue weighted by molar-refractivity contribution is 6.30. The topological polar surface area (TPSA) is 79.5 Å². The summed E-state index contributed by atoms with van der Waals surface area (Å²) in [6, 6.07) is 6.48. The fourth-order valence-electron chi connectivity index (χ4n) is 4.03. The Morgan fingerprint density at radius 3 is 2.70 bits per heavy atom. The molecule has 0 unspecified atom stereocenters. The maximum absolute atomic E-state index is 11.9. The highest BCUT2D eigenvalue weighted by Gasteiger charge is 2.32. The summed E-state index contributed by atoms with van der Waals surface area (Å²) in [4.78, 5) is 18.5. The number of halogens is 1. The molecule has 1 aliphatic heterocycles. The number of nitrogens with zero attached hydrogens (tertiary/aromatic N) is 3. The van der Waals surface area contributed by atoms with Gasteiger partial charge in [0.25, 0.3) is 0 Å². The molecule has 1 aliphatic carbocycles. The highest BCUT2D eigenvalue weighted by atomic mass is 35.5. The number of hydrogen-bond acceptors (Lipinski definition) is 5. The van der Waals surface area contributed by atoms with Crippen molar-refractivity contribution in [3.05, 3.63) is 46.6 Å². The third-order valence-electron chi connectivity index (χ3n) is 5.83. The van der Waals surface area contributed by atoms with E-state index in [0.717, 1.165) is 62.5 Å². The van der Waals surface area contributed by atoms with E-state index in [4.69, 9.17) is 16.1 Å². The van der Waals surface area contributed by atoms with E-state index < -0.39 is 12.0 Å². The molecular formula is C20H24ClN3O3. The zero-order valence-corrected chi connectivity index (χ0v) is 15.9. The number of carboxylic acids is 1. The number of benzene rings is 1. The van der Waals surface area contributed by atoms with Gasteiger partial charge in [0.1, 0.15) is 6.04 Å². The Balaban J connectivity index is 1.36. The van der Waals surface area contributed by atoms with Crippen molar-refractivity contribution in [1.82, 2.24) is 15.0 Å². The fourth-order valence-corrected chi connectivity index (χ4v) is 4.23. The molecule has 2 fully saturated rings. The molecule has 2 heterocycles. The van der Waals surface area contributed by atoms with E-state index in [2.05, 4.69) is 10.1 Å². The maximum Gasteiger partial charge on any atom is 0.325 e. The van der Waals surface area contributed by atoms with Crippen LogP contribution < -0.4 is 0 Å². The summed E-state index contributed by atoms with van der Waals surface area (Å²) in [7, 11) is 0. The minimum absolute atomic E-state index is 0.449. The minimum atomic E-state index is -0.835. The molecule has 1 atom stereocenters. The van der Waals surface area contributed by atoms with Gasteiger partial charge >= 0.3 is 5.97 Å². The number of piperidine rings is 1. The van der Waals surface area contributed by atoms with E-state index >= 15 is 0 Å². The maximum atomic E-state index is 11.9. The third kappa shape index (κ3) is 4.17. The molecule has 4 rings (SSSR count). The number of likely N-dealkylation sites (tertiary alicyclic amines) is 1. The third-order valence-corrected chi connectivity index (χ3v) is 6.07. The molecule has 2 aromatic rings. The number of aromatic nitrogens is 2. The van der Waals surface area contributed by atoms with Crippen molar-refractivity contribution in [1.29, 1.82) is 0 Å². The Kier molecular flexibility index (Phi) is 5.45. The minimum Gasteiger partial charge on any atom is -0.480 e. The largest absolute Gasteiger partial charge is 0.480 e. The SMILES string of the molecule is O=C(O)[C@@H](c1cccc(Cl)c1)N1CCC(Cc2nc(C3CCC3)no2)CC1. The average Bonchev–Trinajstić information content (AvgIpc) is 3.03. The zero-order valence-electron chi connectivity index (χ0n) is 15.2. The fraction of sp³-hybridized carbons (Fsp3) is 0.550. The molecule has 1 N–H and O–H groups in total. The van der Waals surface area contributed by atoms with Crippen LogP contribution in [0.3, 0.4) is 0 Å². The number of carbonyl (C=O) groups is 1. The quantitative estimate of drug-likeness (QED) is 0.802. The van der Waals surface area contributed by atoms with Crippen LogP contribution in [0, 0.1) is 5.92 Å². The Bertz CT molecular complexity index is 797. The predicted octanol–water partition coefficient (Wildman–Crippen LogP) is 4.07. The van der Waals surface area contributed by atoms with Gasteiger partial charge in [-0.1, -0.05) is 35.3 Å². The van der Waals surface area contributed by atoms with Crippen molar-refractivity contribution >= 4 is 17.6 Å². The lowest BCUT2D eigenvalue weighted by atomic mass is 9.85. The second-order valence-corrected chi connectivity index (χ2v) is 8.09. The van der Waals surface area contributed by atoms with Gasteiger partial charge in [-0.2, -0.15) is 4.98 Å². The summed E-state index contributed by atoms with van der Waals surface area (Å²) >= 11 is 6.05. The second-order valence-electron chi connectivity index (χ2n) is 7.65. The van der Waals surface area contributed by atoms with Gasteiger partial charge in [0.2, 0.25) is 5.89 Å². The normalized spacial score (nSPS) is 20.3. The van der Waals surface area contributed by atoms with Gasteiger partial charge in [0.05, 0.1) is 0 Å². The van der Waals surface area contributed by atoms with Gasteiger partial charge in [-0.15, -0.1) is 0 Å². The summed E-state index contributed by atoms with van der Waals surface area (Å²) < 4.78 is 5.44. The Morgan fingerprint density at radius 2 is 2.07 bits per heavy atom. The van der Waals surface area contributed by atoms with E-state index in [0.29, 0.717) is 16.9 Å². The molecular weight excluding hydrogens is 366 g/mol. The van der Waals surface area contributed by atoms with Crippen molar-refractivity contribution in [2.75, 3.05) is 13.1 Å². The van der Waals surface area contributed by atoms with E-state index in [1.165, 1.54) is 6.42 Å². The molecule has 27 heavy (non-hydrogen) atoms. The number of rotatable bonds is 6. The van der Waals surface area contributed by atoms with Crippen molar-refractivity contribution in [3.63, 3.8) is 0 Å². The molecule has 1 aromatic heterocycles. The molecule has 144 valence electrons. The molecule has 1 aromatic carbocycles. The van der Waals surface area contributed by atoms with Crippen molar-refractivity contribution in [2.24, 2.45) is 5.92 Å². The van der Waals surface area contributed by atoms with E-state index in [1.54, 1.807) is 18.2 Å². The van der Waals surface area contributed by atoms with Gasteiger partial charge in [0.15, 0.2) is 5.82 Å². The lowest BCUT2D eigenvalue weighted by molar-refractivity contribution is -0.144. The molecule has 0 amide bonds. The van der Waals surface area contributed by atoms with E-state index in [1.807, 2.05) is 11.0 Å². The van der Waals surface area contributed by atoms with Crippen LogP contribution in [0.5, 0.6) is 0 Å². The van der Waals surface area contributed by atoms with Crippen LogP contribution >= 0.6 is 11.6 Å². The lowest BCUT2D eigenvalue weighted by Gasteiger charge is -2.35. The van der Waals surface area contributed by atoms with Crippen LogP contribution in [0.4, 0.5) is 0 Å². The van der Waals surface area contributed by atoms with E-state index in [9.17, 15) is 9.90 Å². The summed E-state index contributed by atoms with van der Waals surface area (Å²) in [5.74, 6) is 1.68. The summed E-state index contributed by atoms with van der Waals surface area (Å²) in [6.45, 7) is 1.47. The van der Waals surface area contributed by atoms with E-state index in [-0.39, 0.29) is 0 Å². The molecule has 6 nitrogen and oxygen atoms in total. The van der Waals surface area contributed by atoms with Crippen LogP contribution in [-0.2, 0) is 11.2 Å². The average molecular weight is 390 g/mol. The summed E-state index contributed by atoms with van der Waals surface area (Å²) in [6.07, 6.45) is 6.21. The first kappa shape index (κ1) is 18.4. The molecule has 0 radical (unpaired) electrons. The molecule has 7 heteroatoms. The summed E-state index contributed by atoms with van der Waals surface area (Å²) in [5.41, 5.74) is 0.732. The summed E-state index contributed by atoms with van der Waals surface area (Å²) in [5, 5.41) is 14.4. The molecule has 2 aliphatic rings. The number of hydrogen-bond donors (Lipinski definition) is 1. The first-order valence-electron chi connectivity index (χ1n) is 9.65. The lowest BCUT2D eigenvalue weighted by Crippen LogP contribution is -2.40. The molecule has 1 saturated heterocycles. The van der Waals surface area contributed by atoms with Gasteiger partial charge in [-0.05, 0) is 62.4 Å². The predicted molar refractivity (Wildman–Crippen MR) is 101 cm³/mol. The van der Waals surface area contributed by atoms with Crippen LogP contribution in [0.25, 0.3) is 0 Å². The first-order valence-corrected chi connectivity index (χ1v) is 10.0. The number of aliphatic carboxylic acids is 1. The molecule has 0 bridgehead atoms. The van der Waals surface area contributed by atoms with Crippen molar-refractivity contribution in [2.45, 2.75) is 50.5 Å². The first-order chi connectivity index (χ1) is 13.1. The Labute approximate surface area is 163 Å². The zero-order chi connectivity index (χ0) is 18.8. The van der Waals surface area contributed by atoms with Gasteiger partial charge < -0.3 is 9.63 Å². The molecule has 1 saturated carbocycles. The standard InChI is InChI=1S/C20H24ClN3O3/c21-16-6-2-5-15(12-16)18(20(25)26)24-9-7-13(8-10-24)11-17-22-19(23-27-17)14-3-1-4-14/h2,5-6,12-14,18H,1,3-4,7-11H2,(H,25,26)/t18-/m1/s1. The van der Waals surface area contributed by atoms with Crippen molar-refractivity contribution < 1.29 is 14.4 Å². The van der Waals surface area contributed by atoms with Gasteiger partial charge in [0, 0.05) is 17.4 Å². The van der Waals surface area contributed by atoms with Gasteiger partial charge in [-0.3, -0.25) is 9.69 Å². The number of carboxylic acid groups (broad SMARTS) is 1. The Morgan fingerprint density at radius 1 is 1.30 bits per heavy atom. The smallest absolute Gasteiger partial charge is 0.325 e. The molecule has 0 spiro atoms. The van der Waals surface area contributed by atoms with Crippen molar-refractivity contribution in [3.8, 4) is 0 Å². The van der Waals surface area contributed by atoms with Gasteiger partial charge in [-0.25, -0.2) is 0 Å². The van der Waals surface area contributed by atoms with Crippen LogP contribution in [-0.4, -0.2) is 39.2 Å². The second kappa shape index (κ2) is 7.98. The monoisotopic (exact) mass is 389 g/mol. The Hall–Kier alpha value is -1.92. The van der Waals surface area contributed by atoms with Crippen LogP contribution in [0.2, 0.25) is 5.02 Å². The highest BCUT2D eigenvalue weighted by Crippen LogP contribution is 2.35. The van der Waals surface area contributed by atoms with Crippen LogP contribution in [0.15, 0.2) is 28.8 Å². The van der Waals surface area contributed by atoms with Crippen LogP contribution in [0.1, 0.15) is 61.3 Å².